The molecule has 0 spiro atoms. The van der Waals surface area contributed by atoms with Crippen LogP contribution in [-0.4, -0.2) is 18.2 Å². The quantitative estimate of drug-likeness (QED) is 0.409. The molecule has 50 valence electrons. The maximum atomic E-state index is 10.5. The molecule has 0 amide bonds. The van der Waals surface area contributed by atoms with Gasteiger partial charge >= 0.3 is 5.97 Å². The Kier molecular flexibility index (Phi) is 2.17. The van der Waals surface area contributed by atoms with Gasteiger partial charge in [-0.2, -0.15) is 0 Å². The normalized spacial score (nSPS) is 28.0. The van der Waals surface area contributed by atoms with E-state index < -0.39 is 0 Å². The SMILES string of the molecule is O=PC1CCOC(=O)C1. The molecule has 0 aromatic heterocycles. The van der Waals surface area contributed by atoms with E-state index in [9.17, 15) is 9.36 Å². The van der Waals surface area contributed by atoms with Crippen molar-refractivity contribution in [2.45, 2.75) is 18.5 Å². The largest absolute Gasteiger partial charge is 0.466 e. The molecule has 1 unspecified atom stereocenters. The lowest BCUT2D eigenvalue weighted by Crippen LogP contribution is -2.20. The highest BCUT2D eigenvalue weighted by atomic mass is 31.1. The number of hydrogen-bond acceptors (Lipinski definition) is 3. The predicted molar refractivity (Wildman–Crippen MR) is 31.6 cm³/mol. The molecule has 1 fully saturated rings. The number of hydrogen-bond donors (Lipinski definition) is 0. The molecule has 0 N–H and O–H groups in total. The van der Waals surface area contributed by atoms with E-state index in [1.54, 1.807) is 0 Å². The van der Waals surface area contributed by atoms with Crippen molar-refractivity contribution >= 4 is 14.4 Å². The fourth-order valence-electron chi connectivity index (χ4n) is 0.752. The first-order valence-electron chi connectivity index (χ1n) is 2.81. The summed E-state index contributed by atoms with van der Waals surface area (Å²) in [6.07, 6.45) is 1.04. The average molecular weight is 146 g/mol. The van der Waals surface area contributed by atoms with Gasteiger partial charge in [-0.25, -0.2) is 0 Å². The number of esters is 1. The summed E-state index contributed by atoms with van der Waals surface area (Å²) >= 11 is 0. The topological polar surface area (TPSA) is 43.4 Å². The van der Waals surface area contributed by atoms with Gasteiger partial charge in [0.25, 0.3) is 0 Å². The van der Waals surface area contributed by atoms with Gasteiger partial charge in [0.2, 0.25) is 0 Å². The number of ether oxygens (including phenoxy) is 1. The number of carbonyl (C=O) groups is 1. The van der Waals surface area contributed by atoms with Crippen molar-refractivity contribution in [1.82, 2.24) is 0 Å². The number of rotatable bonds is 1. The Balaban J connectivity index is 2.40. The summed E-state index contributed by atoms with van der Waals surface area (Å²) in [6.45, 7) is 0.429. The van der Waals surface area contributed by atoms with Crippen molar-refractivity contribution in [1.29, 1.82) is 0 Å². The standard InChI is InChI=1S/C5H7O3P/c6-5-3-4(9-7)1-2-8-5/h4H,1-3H2. The van der Waals surface area contributed by atoms with Crippen LogP contribution in [0.25, 0.3) is 0 Å². The van der Waals surface area contributed by atoms with Crippen LogP contribution in [0.3, 0.4) is 0 Å². The highest BCUT2D eigenvalue weighted by Crippen LogP contribution is 2.19. The van der Waals surface area contributed by atoms with Gasteiger partial charge in [0.05, 0.1) is 18.7 Å². The molecule has 0 aromatic rings. The van der Waals surface area contributed by atoms with Crippen LogP contribution in [0.2, 0.25) is 0 Å². The van der Waals surface area contributed by atoms with Crippen molar-refractivity contribution in [2.75, 3.05) is 6.61 Å². The van der Waals surface area contributed by atoms with Crippen LogP contribution in [0, 0.1) is 0 Å². The lowest BCUT2D eigenvalue weighted by atomic mass is 10.2. The number of cyclic esters (lactones) is 1. The second-order valence-corrected chi connectivity index (χ2v) is 2.91. The van der Waals surface area contributed by atoms with Crippen LogP contribution >= 0.6 is 8.46 Å². The maximum Gasteiger partial charge on any atom is 0.306 e. The lowest BCUT2D eigenvalue weighted by Gasteiger charge is -2.14. The first-order valence-corrected chi connectivity index (χ1v) is 3.69. The molecule has 1 atom stereocenters. The molecular formula is C5H7O3P. The minimum Gasteiger partial charge on any atom is -0.466 e. The van der Waals surface area contributed by atoms with E-state index >= 15 is 0 Å². The summed E-state index contributed by atoms with van der Waals surface area (Å²) in [4.78, 5) is 10.5. The Labute approximate surface area is 54.6 Å². The third-order valence-electron chi connectivity index (χ3n) is 1.27. The second-order valence-electron chi connectivity index (χ2n) is 1.97. The van der Waals surface area contributed by atoms with E-state index in [-0.39, 0.29) is 20.1 Å². The summed E-state index contributed by atoms with van der Waals surface area (Å²) in [5.74, 6) is -0.227. The zero-order chi connectivity index (χ0) is 6.69. The Bertz CT molecular complexity index is 134. The van der Waals surface area contributed by atoms with E-state index in [1.165, 1.54) is 0 Å². The highest BCUT2D eigenvalue weighted by molar-refractivity contribution is 7.24. The van der Waals surface area contributed by atoms with E-state index in [1.807, 2.05) is 0 Å². The average Bonchev–Trinajstić information content (AvgIpc) is 1.88. The monoisotopic (exact) mass is 146 g/mol. The van der Waals surface area contributed by atoms with Gasteiger partial charge in [0.1, 0.15) is 0 Å². The summed E-state index contributed by atoms with van der Waals surface area (Å²) < 4.78 is 14.8. The first-order chi connectivity index (χ1) is 4.33. The first kappa shape index (κ1) is 6.69. The Morgan fingerprint density at radius 2 is 2.44 bits per heavy atom. The van der Waals surface area contributed by atoms with Gasteiger partial charge in [0, 0.05) is 0 Å². The van der Waals surface area contributed by atoms with Gasteiger partial charge in [0.15, 0.2) is 8.46 Å². The molecule has 0 saturated carbocycles. The zero-order valence-electron chi connectivity index (χ0n) is 4.87. The van der Waals surface area contributed by atoms with Gasteiger partial charge in [-0.05, 0) is 6.42 Å². The van der Waals surface area contributed by atoms with Gasteiger partial charge in [-0.3, -0.25) is 9.36 Å². The molecule has 1 aliphatic rings. The lowest BCUT2D eigenvalue weighted by molar-refractivity contribution is -0.146. The smallest absolute Gasteiger partial charge is 0.306 e. The summed E-state index contributed by atoms with van der Waals surface area (Å²) in [7, 11) is 0.0704. The molecule has 9 heavy (non-hydrogen) atoms. The third kappa shape index (κ3) is 1.75. The molecule has 1 saturated heterocycles. The van der Waals surface area contributed by atoms with Crippen molar-refractivity contribution < 1.29 is 14.1 Å². The van der Waals surface area contributed by atoms with Crippen molar-refractivity contribution in [3.8, 4) is 0 Å². The second kappa shape index (κ2) is 2.92. The van der Waals surface area contributed by atoms with E-state index in [2.05, 4.69) is 4.74 Å². The molecule has 4 heteroatoms. The Hall–Kier alpha value is -0.430. The summed E-state index contributed by atoms with van der Waals surface area (Å²) in [6, 6.07) is 0. The van der Waals surface area contributed by atoms with Crippen LogP contribution in [0.15, 0.2) is 0 Å². The van der Waals surface area contributed by atoms with Gasteiger partial charge in [-0.15, -0.1) is 0 Å². The molecule has 1 rings (SSSR count). The Morgan fingerprint density at radius 3 is 2.89 bits per heavy atom. The van der Waals surface area contributed by atoms with Gasteiger partial charge < -0.3 is 4.74 Å². The molecule has 0 aromatic carbocycles. The molecule has 3 nitrogen and oxygen atoms in total. The minimum absolute atomic E-state index is 0.00579. The third-order valence-corrected chi connectivity index (χ3v) is 2.00. The van der Waals surface area contributed by atoms with Crippen molar-refractivity contribution in [2.24, 2.45) is 0 Å². The molecule has 0 bridgehead atoms. The van der Waals surface area contributed by atoms with Crippen molar-refractivity contribution in [3.05, 3.63) is 0 Å². The van der Waals surface area contributed by atoms with E-state index in [0.717, 1.165) is 6.42 Å². The number of carbonyl (C=O) groups excluding carboxylic acids is 1. The van der Waals surface area contributed by atoms with Gasteiger partial charge in [-0.1, -0.05) is 0 Å². The van der Waals surface area contributed by atoms with Crippen molar-refractivity contribution in [3.63, 3.8) is 0 Å². The highest BCUT2D eigenvalue weighted by Gasteiger charge is 2.20. The molecule has 1 heterocycles. The molecule has 0 radical (unpaired) electrons. The van der Waals surface area contributed by atoms with Crippen LogP contribution in [0.1, 0.15) is 12.8 Å². The van der Waals surface area contributed by atoms with Crippen LogP contribution < -0.4 is 0 Å². The molecular weight excluding hydrogens is 139 g/mol. The van der Waals surface area contributed by atoms with Crippen LogP contribution in [0.4, 0.5) is 0 Å². The fraction of sp³-hybridized carbons (Fsp3) is 0.800. The summed E-state index contributed by atoms with van der Waals surface area (Å²) in [5.41, 5.74) is 0.00579. The molecule has 0 aliphatic carbocycles. The zero-order valence-corrected chi connectivity index (χ0v) is 5.77. The molecule has 1 aliphatic heterocycles. The fourth-order valence-corrected chi connectivity index (χ4v) is 1.19. The Morgan fingerprint density at radius 1 is 1.67 bits per heavy atom. The maximum absolute atomic E-state index is 10.5. The van der Waals surface area contributed by atoms with Crippen LogP contribution in [-0.2, 0) is 14.1 Å². The van der Waals surface area contributed by atoms with E-state index in [0.29, 0.717) is 13.0 Å². The summed E-state index contributed by atoms with van der Waals surface area (Å²) in [5, 5.41) is 0. The predicted octanol–water partition coefficient (Wildman–Crippen LogP) is 0.984. The minimum atomic E-state index is -0.227. The van der Waals surface area contributed by atoms with Crippen LogP contribution in [0.5, 0.6) is 0 Å². The van der Waals surface area contributed by atoms with E-state index in [4.69, 9.17) is 0 Å².